The molecule has 5 nitrogen and oxygen atoms in total. The Balaban J connectivity index is 2.58. The van der Waals surface area contributed by atoms with Gasteiger partial charge in [-0.15, -0.1) is 0 Å². The summed E-state index contributed by atoms with van der Waals surface area (Å²) in [4.78, 5) is 23.8. The van der Waals surface area contributed by atoms with Gasteiger partial charge in [0.15, 0.2) is 12.1 Å². The minimum absolute atomic E-state index is 0.400. The number of carbonyl (C=O) groups excluding carboxylic acids is 1. The predicted molar refractivity (Wildman–Crippen MR) is 56.6 cm³/mol. The van der Waals surface area contributed by atoms with E-state index in [1.807, 2.05) is 0 Å². The van der Waals surface area contributed by atoms with E-state index in [1.165, 1.54) is 6.20 Å². The fraction of sp³-hybridized carbons (Fsp3) is 0.500. The molecule has 0 spiro atoms. The number of hydrogen-bond donors (Lipinski definition) is 1. The van der Waals surface area contributed by atoms with Gasteiger partial charge in [0.1, 0.15) is 5.82 Å². The minimum atomic E-state index is 0.400. The molecule has 0 saturated heterocycles. The number of hydrogen-bond acceptors (Lipinski definition) is 5. The predicted octanol–water partition coefficient (Wildman–Crippen LogP) is 1.74. The van der Waals surface area contributed by atoms with Crippen molar-refractivity contribution >= 4 is 12.1 Å². The van der Waals surface area contributed by atoms with Gasteiger partial charge in [-0.25, -0.2) is 15.4 Å². The Kier molecular flexibility index (Phi) is 4.70. The van der Waals surface area contributed by atoms with Gasteiger partial charge in [-0.05, 0) is 13.3 Å². The van der Waals surface area contributed by atoms with Crippen LogP contribution < -0.4 is 5.48 Å². The van der Waals surface area contributed by atoms with Crippen LogP contribution in [-0.4, -0.2) is 22.9 Å². The van der Waals surface area contributed by atoms with Crippen LogP contribution in [-0.2, 0) is 4.84 Å². The number of rotatable bonds is 6. The molecule has 0 amide bonds. The molecule has 0 fully saturated rings. The molecule has 15 heavy (non-hydrogen) atoms. The van der Waals surface area contributed by atoms with E-state index in [2.05, 4.69) is 22.4 Å². The Labute approximate surface area is 88.8 Å². The van der Waals surface area contributed by atoms with Gasteiger partial charge in [0, 0.05) is 6.20 Å². The van der Waals surface area contributed by atoms with Gasteiger partial charge in [-0.3, -0.25) is 9.63 Å². The Bertz CT molecular complexity index is 328. The van der Waals surface area contributed by atoms with Crippen molar-refractivity contribution in [2.24, 2.45) is 0 Å². The van der Waals surface area contributed by atoms with Gasteiger partial charge >= 0.3 is 0 Å². The van der Waals surface area contributed by atoms with Crippen LogP contribution in [0.25, 0.3) is 0 Å². The van der Waals surface area contributed by atoms with Gasteiger partial charge in [-0.2, -0.15) is 0 Å². The highest BCUT2D eigenvalue weighted by Crippen LogP contribution is 2.08. The first kappa shape index (κ1) is 11.6. The van der Waals surface area contributed by atoms with Crippen LogP contribution >= 0.6 is 0 Å². The second-order valence-electron chi connectivity index (χ2n) is 3.14. The van der Waals surface area contributed by atoms with E-state index >= 15 is 0 Å². The van der Waals surface area contributed by atoms with E-state index in [0.717, 1.165) is 12.8 Å². The first-order valence-corrected chi connectivity index (χ1v) is 4.94. The molecule has 0 atom stereocenters. The standard InChI is InChI=1S/C10H15N3O2/c1-3-4-5-15-13-10-9(7-14)6-11-8(2)12-10/h6-7H,3-5H2,1-2H3,(H,11,12,13). The molecule has 5 heteroatoms. The normalized spacial score (nSPS) is 10.0. The summed E-state index contributed by atoms with van der Waals surface area (Å²) < 4.78 is 0. The largest absolute Gasteiger partial charge is 0.298 e. The number of nitrogens with zero attached hydrogens (tertiary/aromatic N) is 2. The summed E-state index contributed by atoms with van der Waals surface area (Å²) in [6, 6.07) is 0. The van der Waals surface area contributed by atoms with Crippen molar-refractivity contribution < 1.29 is 9.63 Å². The zero-order chi connectivity index (χ0) is 11.1. The summed E-state index contributed by atoms with van der Waals surface area (Å²) >= 11 is 0. The fourth-order valence-electron chi connectivity index (χ4n) is 0.983. The van der Waals surface area contributed by atoms with E-state index in [-0.39, 0.29) is 0 Å². The van der Waals surface area contributed by atoms with E-state index < -0.39 is 0 Å². The van der Waals surface area contributed by atoms with Crippen molar-refractivity contribution in [3.8, 4) is 0 Å². The Morgan fingerprint density at radius 3 is 3.07 bits per heavy atom. The lowest BCUT2D eigenvalue weighted by Crippen LogP contribution is -2.08. The zero-order valence-electron chi connectivity index (χ0n) is 8.99. The SMILES string of the molecule is CCCCONc1nc(C)ncc1C=O. The van der Waals surface area contributed by atoms with Crippen LogP contribution in [0.1, 0.15) is 35.9 Å². The number of aldehydes is 1. The fourth-order valence-corrected chi connectivity index (χ4v) is 0.983. The molecule has 1 rings (SSSR count). The van der Waals surface area contributed by atoms with Crippen LogP contribution in [0.3, 0.4) is 0 Å². The number of anilines is 1. The lowest BCUT2D eigenvalue weighted by molar-refractivity contribution is 0.112. The molecule has 1 aromatic heterocycles. The van der Waals surface area contributed by atoms with Crippen molar-refractivity contribution in [1.29, 1.82) is 0 Å². The highest BCUT2D eigenvalue weighted by atomic mass is 16.6. The number of unbranched alkanes of at least 4 members (excludes halogenated alkanes) is 1. The Morgan fingerprint density at radius 2 is 2.40 bits per heavy atom. The van der Waals surface area contributed by atoms with Gasteiger partial charge in [-0.1, -0.05) is 13.3 Å². The highest BCUT2D eigenvalue weighted by molar-refractivity contribution is 5.81. The molecule has 0 radical (unpaired) electrons. The molecule has 1 N–H and O–H groups in total. The van der Waals surface area contributed by atoms with E-state index in [0.29, 0.717) is 30.1 Å². The van der Waals surface area contributed by atoms with E-state index in [9.17, 15) is 4.79 Å². The molecular weight excluding hydrogens is 194 g/mol. The Morgan fingerprint density at radius 1 is 1.60 bits per heavy atom. The van der Waals surface area contributed by atoms with Gasteiger partial charge in [0.25, 0.3) is 0 Å². The second-order valence-corrected chi connectivity index (χ2v) is 3.14. The van der Waals surface area contributed by atoms with Crippen LogP contribution in [0, 0.1) is 6.92 Å². The van der Waals surface area contributed by atoms with E-state index in [1.54, 1.807) is 6.92 Å². The lowest BCUT2D eigenvalue weighted by atomic mass is 10.3. The van der Waals surface area contributed by atoms with Crippen molar-refractivity contribution in [3.63, 3.8) is 0 Å². The minimum Gasteiger partial charge on any atom is -0.298 e. The summed E-state index contributed by atoms with van der Waals surface area (Å²) in [6.07, 6.45) is 4.20. The summed E-state index contributed by atoms with van der Waals surface area (Å²) in [7, 11) is 0. The first-order valence-electron chi connectivity index (χ1n) is 4.94. The molecule has 0 bridgehead atoms. The highest BCUT2D eigenvalue weighted by Gasteiger charge is 2.03. The number of nitrogens with one attached hydrogen (secondary N) is 1. The van der Waals surface area contributed by atoms with Crippen molar-refractivity contribution in [2.45, 2.75) is 26.7 Å². The third-order valence-corrected chi connectivity index (χ3v) is 1.83. The smallest absolute Gasteiger partial charge is 0.164 e. The summed E-state index contributed by atoms with van der Waals surface area (Å²) in [5.74, 6) is 1.02. The molecule has 0 aromatic carbocycles. The summed E-state index contributed by atoms with van der Waals surface area (Å²) in [5.41, 5.74) is 3.06. The maximum atomic E-state index is 10.7. The van der Waals surface area contributed by atoms with Crippen molar-refractivity contribution in [3.05, 3.63) is 17.6 Å². The maximum absolute atomic E-state index is 10.7. The monoisotopic (exact) mass is 209 g/mol. The van der Waals surface area contributed by atoms with Gasteiger partial charge in [0.05, 0.1) is 12.2 Å². The zero-order valence-corrected chi connectivity index (χ0v) is 8.99. The third-order valence-electron chi connectivity index (χ3n) is 1.83. The molecule has 0 aliphatic carbocycles. The lowest BCUT2D eigenvalue weighted by Gasteiger charge is -2.07. The van der Waals surface area contributed by atoms with Crippen molar-refractivity contribution in [1.82, 2.24) is 9.97 Å². The molecule has 0 aliphatic rings. The van der Waals surface area contributed by atoms with Crippen molar-refractivity contribution in [2.75, 3.05) is 12.1 Å². The summed E-state index contributed by atoms with van der Waals surface area (Å²) in [6.45, 7) is 4.43. The molecule has 1 aromatic rings. The number of aryl methyl sites for hydroxylation is 1. The van der Waals surface area contributed by atoms with E-state index in [4.69, 9.17) is 4.84 Å². The molecular formula is C10H15N3O2. The quantitative estimate of drug-likeness (QED) is 0.439. The van der Waals surface area contributed by atoms with Gasteiger partial charge in [0.2, 0.25) is 0 Å². The number of aromatic nitrogens is 2. The molecule has 0 unspecified atom stereocenters. The molecule has 0 saturated carbocycles. The maximum Gasteiger partial charge on any atom is 0.164 e. The number of carbonyl (C=O) groups is 1. The van der Waals surface area contributed by atoms with Crippen LogP contribution in [0.5, 0.6) is 0 Å². The topological polar surface area (TPSA) is 64.1 Å². The third kappa shape index (κ3) is 3.63. The molecule has 0 aliphatic heterocycles. The van der Waals surface area contributed by atoms with Crippen LogP contribution in [0.4, 0.5) is 5.82 Å². The second kappa shape index (κ2) is 6.08. The Hall–Kier alpha value is -1.49. The average Bonchev–Trinajstić information content (AvgIpc) is 2.25. The van der Waals surface area contributed by atoms with Crippen LogP contribution in [0.2, 0.25) is 0 Å². The van der Waals surface area contributed by atoms with Crippen LogP contribution in [0.15, 0.2) is 6.20 Å². The first-order chi connectivity index (χ1) is 7.27. The summed E-state index contributed by atoms with van der Waals surface area (Å²) in [5, 5.41) is 0. The average molecular weight is 209 g/mol. The molecule has 1 heterocycles. The van der Waals surface area contributed by atoms with Gasteiger partial charge < -0.3 is 0 Å². The molecule has 82 valence electrons.